The first-order chi connectivity index (χ1) is 16.7. The van der Waals surface area contributed by atoms with Gasteiger partial charge < -0.3 is 9.84 Å². The fourth-order valence-corrected chi connectivity index (χ4v) is 4.71. The van der Waals surface area contributed by atoms with Crippen molar-refractivity contribution in [2.75, 3.05) is 12.0 Å². The van der Waals surface area contributed by atoms with E-state index in [-0.39, 0.29) is 22.0 Å². The van der Waals surface area contributed by atoms with Crippen LogP contribution >= 0.6 is 11.6 Å². The number of Topliss-reactive ketones (excluding diaryl/α,β-unsaturated/α-hetero) is 1. The van der Waals surface area contributed by atoms with Crippen LogP contribution in [-0.2, 0) is 16.0 Å². The molecular formula is C28H25ClFNO4. The third-order valence-electron chi connectivity index (χ3n) is 6.21. The van der Waals surface area contributed by atoms with Crippen molar-refractivity contribution in [2.24, 2.45) is 0 Å². The van der Waals surface area contributed by atoms with Crippen LogP contribution in [0.3, 0.4) is 0 Å². The third kappa shape index (κ3) is 4.30. The van der Waals surface area contributed by atoms with Crippen LogP contribution in [0.1, 0.15) is 40.8 Å². The number of ether oxygens (including phenoxy) is 1. The predicted octanol–water partition coefficient (Wildman–Crippen LogP) is 6.29. The van der Waals surface area contributed by atoms with Gasteiger partial charge in [0, 0.05) is 5.69 Å². The van der Waals surface area contributed by atoms with Crippen LogP contribution in [-0.4, -0.2) is 23.9 Å². The van der Waals surface area contributed by atoms with Gasteiger partial charge in [0.15, 0.2) is 0 Å². The number of methoxy groups -OCH3 is 1. The van der Waals surface area contributed by atoms with Crippen molar-refractivity contribution in [1.29, 1.82) is 0 Å². The van der Waals surface area contributed by atoms with Crippen molar-refractivity contribution in [1.82, 2.24) is 0 Å². The molecule has 0 aromatic heterocycles. The largest absolute Gasteiger partial charge is 0.507 e. The standard InChI is InChI=1S/C28H25ClFNO4/c1-5-17-6-8-18(9-7-17)24-23(25(32)20-13-15(2)12-16(3)27(20)35-4)26(33)28(34)31(24)19-10-11-22(30)21(29)14-19/h6-14,24,32H,5H2,1-4H3/b25-23+. The molecule has 0 radical (unpaired) electrons. The number of rotatable bonds is 5. The van der Waals surface area contributed by atoms with Gasteiger partial charge in [-0.05, 0) is 66.8 Å². The summed E-state index contributed by atoms with van der Waals surface area (Å²) in [6.45, 7) is 5.72. The summed E-state index contributed by atoms with van der Waals surface area (Å²) in [6.07, 6.45) is 0.813. The molecule has 1 aliphatic heterocycles. The second-order valence-electron chi connectivity index (χ2n) is 8.53. The number of ketones is 1. The Labute approximate surface area is 208 Å². The lowest BCUT2D eigenvalue weighted by atomic mass is 9.93. The number of hydrogen-bond acceptors (Lipinski definition) is 4. The van der Waals surface area contributed by atoms with Crippen molar-refractivity contribution >= 4 is 34.7 Å². The number of aliphatic hydroxyl groups excluding tert-OH is 1. The van der Waals surface area contributed by atoms with E-state index in [1.54, 1.807) is 6.07 Å². The van der Waals surface area contributed by atoms with E-state index in [1.807, 2.05) is 51.1 Å². The van der Waals surface area contributed by atoms with Crippen molar-refractivity contribution in [3.8, 4) is 5.75 Å². The van der Waals surface area contributed by atoms with E-state index in [1.165, 1.54) is 24.1 Å². The lowest BCUT2D eigenvalue weighted by molar-refractivity contribution is -0.132. The Morgan fingerprint density at radius 3 is 2.37 bits per heavy atom. The molecular weight excluding hydrogens is 469 g/mol. The maximum atomic E-state index is 13.9. The van der Waals surface area contributed by atoms with Gasteiger partial charge in [-0.15, -0.1) is 0 Å². The van der Waals surface area contributed by atoms with Crippen LogP contribution in [0.25, 0.3) is 5.76 Å². The molecule has 3 aromatic rings. The predicted molar refractivity (Wildman–Crippen MR) is 134 cm³/mol. The molecule has 180 valence electrons. The van der Waals surface area contributed by atoms with E-state index < -0.39 is 23.5 Å². The summed E-state index contributed by atoms with van der Waals surface area (Å²) in [4.78, 5) is 27.9. The number of aliphatic hydroxyl groups is 1. The van der Waals surface area contributed by atoms with Crippen LogP contribution in [0.5, 0.6) is 5.75 Å². The average molecular weight is 494 g/mol. The van der Waals surface area contributed by atoms with E-state index in [2.05, 4.69) is 0 Å². The number of halogens is 2. The number of carbonyl (C=O) groups is 2. The second-order valence-corrected chi connectivity index (χ2v) is 8.93. The SMILES string of the molecule is CCc1ccc(C2/C(=C(\O)c3cc(C)cc(C)c3OC)C(=O)C(=O)N2c2ccc(F)c(Cl)c2)cc1. The van der Waals surface area contributed by atoms with E-state index in [0.29, 0.717) is 16.9 Å². The molecule has 0 bridgehead atoms. The van der Waals surface area contributed by atoms with Gasteiger partial charge in [-0.25, -0.2) is 4.39 Å². The van der Waals surface area contributed by atoms with Gasteiger partial charge >= 0.3 is 0 Å². The number of hydrogen-bond donors (Lipinski definition) is 1. The van der Waals surface area contributed by atoms with Gasteiger partial charge in [-0.3, -0.25) is 14.5 Å². The topological polar surface area (TPSA) is 66.8 Å². The highest BCUT2D eigenvalue weighted by molar-refractivity contribution is 6.51. The normalized spacial score (nSPS) is 17.2. The Morgan fingerprint density at radius 2 is 1.77 bits per heavy atom. The van der Waals surface area contributed by atoms with Crippen LogP contribution in [0.15, 0.2) is 60.2 Å². The molecule has 0 spiro atoms. The monoisotopic (exact) mass is 493 g/mol. The number of anilines is 1. The van der Waals surface area contributed by atoms with Crippen LogP contribution in [0, 0.1) is 19.7 Å². The van der Waals surface area contributed by atoms with E-state index >= 15 is 0 Å². The maximum Gasteiger partial charge on any atom is 0.300 e. The number of aryl methyl sites for hydroxylation is 3. The molecule has 1 N–H and O–H groups in total. The molecule has 4 rings (SSSR count). The van der Waals surface area contributed by atoms with Crippen molar-refractivity contribution in [3.63, 3.8) is 0 Å². The summed E-state index contributed by atoms with van der Waals surface area (Å²) in [7, 11) is 1.48. The fourth-order valence-electron chi connectivity index (χ4n) is 4.53. The number of amides is 1. The summed E-state index contributed by atoms with van der Waals surface area (Å²) < 4.78 is 19.4. The Kier molecular flexibility index (Phi) is 6.68. The number of carbonyl (C=O) groups excluding carboxylic acids is 2. The molecule has 1 heterocycles. The van der Waals surface area contributed by atoms with Crippen molar-refractivity contribution in [3.05, 3.63) is 98.8 Å². The molecule has 5 nitrogen and oxygen atoms in total. The minimum Gasteiger partial charge on any atom is -0.507 e. The second kappa shape index (κ2) is 9.55. The van der Waals surface area contributed by atoms with Gasteiger partial charge in [0.2, 0.25) is 0 Å². The van der Waals surface area contributed by atoms with E-state index in [9.17, 15) is 19.1 Å². The minimum absolute atomic E-state index is 0.0806. The van der Waals surface area contributed by atoms with E-state index in [4.69, 9.17) is 16.3 Å². The summed E-state index contributed by atoms with van der Waals surface area (Å²) in [5.41, 5.74) is 3.80. The zero-order valence-electron chi connectivity index (χ0n) is 19.9. The molecule has 3 aromatic carbocycles. The molecule has 1 aliphatic rings. The fraction of sp³-hybridized carbons (Fsp3) is 0.214. The maximum absolute atomic E-state index is 13.9. The average Bonchev–Trinajstić information content (AvgIpc) is 3.10. The Balaban J connectivity index is 2.00. The van der Waals surface area contributed by atoms with Crippen molar-refractivity contribution < 1.29 is 23.8 Å². The Bertz CT molecular complexity index is 1360. The Morgan fingerprint density at radius 1 is 1.09 bits per heavy atom. The van der Waals surface area contributed by atoms with Crippen LogP contribution in [0.4, 0.5) is 10.1 Å². The van der Waals surface area contributed by atoms with Gasteiger partial charge in [0.25, 0.3) is 11.7 Å². The number of nitrogens with zero attached hydrogens (tertiary/aromatic N) is 1. The first kappa shape index (κ1) is 24.5. The highest BCUT2D eigenvalue weighted by atomic mass is 35.5. The lowest BCUT2D eigenvalue weighted by Crippen LogP contribution is -2.29. The van der Waals surface area contributed by atoms with Gasteiger partial charge in [-0.2, -0.15) is 0 Å². The zero-order chi connectivity index (χ0) is 25.4. The lowest BCUT2D eigenvalue weighted by Gasteiger charge is -2.26. The van der Waals surface area contributed by atoms with Gasteiger partial charge in [0.1, 0.15) is 17.3 Å². The quantitative estimate of drug-likeness (QED) is 0.257. The molecule has 7 heteroatoms. The smallest absolute Gasteiger partial charge is 0.300 e. The summed E-state index contributed by atoms with van der Waals surface area (Å²) in [5, 5.41) is 11.3. The zero-order valence-corrected chi connectivity index (χ0v) is 20.6. The summed E-state index contributed by atoms with van der Waals surface area (Å²) in [5.74, 6) is -2.27. The summed E-state index contributed by atoms with van der Waals surface area (Å²) >= 11 is 6.00. The highest BCUT2D eigenvalue weighted by Gasteiger charge is 2.47. The molecule has 1 atom stereocenters. The Hall–Kier alpha value is -3.64. The minimum atomic E-state index is -0.951. The first-order valence-electron chi connectivity index (χ1n) is 11.2. The van der Waals surface area contributed by atoms with E-state index in [0.717, 1.165) is 29.2 Å². The molecule has 1 fully saturated rings. The van der Waals surface area contributed by atoms with Crippen LogP contribution < -0.4 is 9.64 Å². The molecule has 1 saturated heterocycles. The molecule has 1 amide bonds. The third-order valence-corrected chi connectivity index (χ3v) is 6.50. The first-order valence-corrected chi connectivity index (χ1v) is 11.6. The van der Waals surface area contributed by atoms with Gasteiger partial charge in [0.05, 0.1) is 29.3 Å². The molecule has 1 unspecified atom stereocenters. The molecule has 0 saturated carbocycles. The number of benzene rings is 3. The molecule has 0 aliphatic carbocycles. The highest BCUT2D eigenvalue weighted by Crippen LogP contribution is 2.44. The summed E-state index contributed by atoms with van der Waals surface area (Å²) in [6, 6.07) is 13.9. The van der Waals surface area contributed by atoms with Gasteiger partial charge in [-0.1, -0.05) is 48.9 Å². The van der Waals surface area contributed by atoms with Crippen molar-refractivity contribution in [2.45, 2.75) is 33.2 Å². The molecule has 35 heavy (non-hydrogen) atoms. The van der Waals surface area contributed by atoms with Crippen LogP contribution in [0.2, 0.25) is 5.02 Å².